The molecule has 176 valence electrons. The summed E-state index contributed by atoms with van der Waals surface area (Å²) in [6.45, 7) is 2.21. The Bertz CT molecular complexity index is 1230. The molecule has 0 aliphatic rings. The number of aryl methyl sites for hydroxylation is 1. The summed E-state index contributed by atoms with van der Waals surface area (Å²) >= 11 is 3.46. The maximum Gasteiger partial charge on any atom is 0.267 e. The van der Waals surface area contributed by atoms with Gasteiger partial charge in [-0.05, 0) is 58.8 Å². The zero-order chi connectivity index (χ0) is 24.5. The van der Waals surface area contributed by atoms with Gasteiger partial charge in [-0.2, -0.15) is 5.26 Å². The number of anilines is 1. The molecule has 0 radical (unpaired) electrons. The fraction of sp³-hybridized carbons (Fsp3) is 0.208. The molecule has 0 atom stereocenters. The number of amides is 1. The summed E-state index contributed by atoms with van der Waals surface area (Å²) in [5.74, 6) is 2.28. The van der Waals surface area contributed by atoms with Crippen LogP contribution in [0.4, 0.5) is 5.82 Å². The van der Waals surface area contributed by atoms with Crippen molar-refractivity contribution in [1.82, 2.24) is 5.16 Å². The van der Waals surface area contributed by atoms with E-state index in [1.54, 1.807) is 32.2 Å². The molecule has 0 spiro atoms. The molecule has 0 saturated carbocycles. The second kappa shape index (κ2) is 11.8. The van der Waals surface area contributed by atoms with Crippen molar-refractivity contribution in [3.63, 3.8) is 0 Å². The maximum absolute atomic E-state index is 12.4. The molecule has 9 nitrogen and oxygen atoms in total. The molecule has 1 N–H and O–H groups in total. The van der Waals surface area contributed by atoms with Crippen LogP contribution in [0.25, 0.3) is 6.08 Å². The van der Waals surface area contributed by atoms with Gasteiger partial charge in [-0.15, -0.1) is 0 Å². The molecule has 1 aromatic heterocycles. The van der Waals surface area contributed by atoms with Gasteiger partial charge in [0.05, 0.1) is 18.7 Å². The minimum absolute atomic E-state index is 0.117. The Kier molecular flexibility index (Phi) is 8.54. The number of hydrogen-bond acceptors (Lipinski definition) is 8. The molecule has 0 bridgehead atoms. The average Bonchev–Trinajstić information content (AvgIpc) is 3.25. The van der Waals surface area contributed by atoms with E-state index in [4.69, 9.17) is 23.5 Å². The van der Waals surface area contributed by atoms with Crippen LogP contribution in [0.15, 0.2) is 57.0 Å². The van der Waals surface area contributed by atoms with Gasteiger partial charge in [0.1, 0.15) is 30.6 Å². The van der Waals surface area contributed by atoms with Crippen LogP contribution < -0.4 is 24.3 Å². The number of nitriles is 1. The van der Waals surface area contributed by atoms with Crippen molar-refractivity contribution in [3.8, 4) is 29.1 Å². The fourth-order valence-electron chi connectivity index (χ4n) is 2.92. The van der Waals surface area contributed by atoms with Crippen molar-refractivity contribution in [2.24, 2.45) is 0 Å². The van der Waals surface area contributed by atoms with E-state index in [9.17, 15) is 10.1 Å². The first-order valence-electron chi connectivity index (χ1n) is 10.1. The topological polar surface area (TPSA) is 116 Å². The summed E-state index contributed by atoms with van der Waals surface area (Å²) in [6, 6.07) is 14.1. The maximum atomic E-state index is 12.4. The van der Waals surface area contributed by atoms with Gasteiger partial charge in [0.15, 0.2) is 28.8 Å². The third-order valence-corrected chi connectivity index (χ3v) is 5.04. The Morgan fingerprint density at radius 1 is 1.12 bits per heavy atom. The molecular weight excluding hydrogens is 506 g/mol. The summed E-state index contributed by atoms with van der Waals surface area (Å²) in [7, 11) is 3.08. The zero-order valence-corrected chi connectivity index (χ0v) is 20.3. The molecule has 0 saturated heterocycles. The van der Waals surface area contributed by atoms with Crippen molar-refractivity contribution in [2.75, 3.05) is 32.8 Å². The van der Waals surface area contributed by atoms with Crippen molar-refractivity contribution >= 4 is 33.7 Å². The van der Waals surface area contributed by atoms with Gasteiger partial charge in [-0.3, -0.25) is 4.79 Å². The molecule has 0 fully saturated rings. The number of carbonyl (C=O) groups is 1. The molecule has 3 rings (SSSR count). The fourth-order valence-corrected chi connectivity index (χ4v) is 3.50. The molecule has 0 unspecified atom stereocenters. The standard InChI is InChI=1S/C24H22BrN3O6/c1-15-10-22(28-34-15)27-24(29)17(14-26)11-16-12-18(25)23(21(13-16)31-3)33-9-8-32-20-7-5-4-6-19(20)30-2/h4-7,10-13H,8-9H2,1-3H3,(H,27,28,29)/b17-11-. The minimum Gasteiger partial charge on any atom is -0.493 e. The number of carbonyl (C=O) groups excluding carboxylic acids is 1. The molecule has 2 aromatic carbocycles. The molecule has 34 heavy (non-hydrogen) atoms. The van der Waals surface area contributed by atoms with Gasteiger partial charge in [0.2, 0.25) is 0 Å². The lowest BCUT2D eigenvalue weighted by molar-refractivity contribution is -0.112. The third-order valence-electron chi connectivity index (χ3n) is 4.45. The van der Waals surface area contributed by atoms with Crippen LogP contribution in [0.3, 0.4) is 0 Å². The Labute approximate surface area is 205 Å². The van der Waals surface area contributed by atoms with E-state index in [1.807, 2.05) is 30.3 Å². The average molecular weight is 528 g/mol. The van der Waals surface area contributed by atoms with Crippen molar-refractivity contribution in [3.05, 3.63) is 63.8 Å². The zero-order valence-electron chi connectivity index (χ0n) is 18.8. The Morgan fingerprint density at radius 2 is 1.82 bits per heavy atom. The number of halogens is 1. The number of methoxy groups -OCH3 is 2. The Hall–Kier alpha value is -3.97. The first-order valence-corrected chi connectivity index (χ1v) is 10.9. The molecule has 0 aliphatic heterocycles. The van der Waals surface area contributed by atoms with Crippen LogP contribution in [0, 0.1) is 18.3 Å². The highest BCUT2D eigenvalue weighted by molar-refractivity contribution is 9.10. The van der Waals surface area contributed by atoms with Gasteiger partial charge in [-0.25, -0.2) is 0 Å². The van der Waals surface area contributed by atoms with Gasteiger partial charge < -0.3 is 28.8 Å². The number of hydrogen-bond donors (Lipinski definition) is 1. The molecule has 3 aromatic rings. The minimum atomic E-state index is -0.611. The summed E-state index contributed by atoms with van der Waals surface area (Å²) in [5.41, 5.74) is 0.442. The quantitative estimate of drug-likeness (QED) is 0.227. The molecule has 1 amide bonds. The van der Waals surface area contributed by atoms with E-state index in [2.05, 4.69) is 26.4 Å². The van der Waals surface area contributed by atoms with E-state index in [-0.39, 0.29) is 24.6 Å². The number of ether oxygens (including phenoxy) is 4. The van der Waals surface area contributed by atoms with Crippen LogP contribution in [-0.2, 0) is 4.79 Å². The van der Waals surface area contributed by atoms with Crippen LogP contribution in [0.5, 0.6) is 23.0 Å². The number of aromatic nitrogens is 1. The van der Waals surface area contributed by atoms with E-state index in [0.29, 0.717) is 38.8 Å². The molecule has 1 heterocycles. The van der Waals surface area contributed by atoms with E-state index in [1.165, 1.54) is 13.2 Å². The van der Waals surface area contributed by atoms with Crippen LogP contribution >= 0.6 is 15.9 Å². The van der Waals surface area contributed by atoms with Crippen LogP contribution in [0.2, 0.25) is 0 Å². The molecule has 10 heteroatoms. The third kappa shape index (κ3) is 6.30. The normalized spacial score (nSPS) is 10.9. The van der Waals surface area contributed by atoms with Crippen molar-refractivity contribution in [2.45, 2.75) is 6.92 Å². The monoisotopic (exact) mass is 527 g/mol. The first-order chi connectivity index (χ1) is 16.4. The van der Waals surface area contributed by atoms with Gasteiger partial charge >= 0.3 is 0 Å². The predicted molar refractivity (Wildman–Crippen MR) is 128 cm³/mol. The first kappa shape index (κ1) is 24.7. The number of rotatable bonds is 10. The van der Waals surface area contributed by atoms with E-state index in [0.717, 1.165) is 0 Å². The predicted octanol–water partition coefficient (Wildman–Crippen LogP) is 4.77. The van der Waals surface area contributed by atoms with Crippen molar-refractivity contribution < 1.29 is 28.3 Å². The highest BCUT2D eigenvalue weighted by Crippen LogP contribution is 2.37. The number of nitrogens with one attached hydrogen (secondary N) is 1. The second-order valence-corrected chi connectivity index (χ2v) is 7.68. The van der Waals surface area contributed by atoms with E-state index < -0.39 is 5.91 Å². The lowest BCUT2D eigenvalue weighted by Crippen LogP contribution is -2.13. The lowest BCUT2D eigenvalue weighted by Gasteiger charge is -2.15. The van der Waals surface area contributed by atoms with Gasteiger partial charge in [0, 0.05) is 6.07 Å². The summed E-state index contributed by atoms with van der Waals surface area (Å²) in [4.78, 5) is 12.4. The number of para-hydroxylation sites is 2. The van der Waals surface area contributed by atoms with E-state index >= 15 is 0 Å². The van der Waals surface area contributed by atoms with Gasteiger partial charge in [0.25, 0.3) is 5.91 Å². The smallest absolute Gasteiger partial charge is 0.267 e. The molecule has 0 aliphatic carbocycles. The second-order valence-electron chi connectivity index (χ2n) is 6.83. The Morgan fingerprint density at radius 3 is 2.47 bits per heavy atom. The number of nitrogens with zero attached hydrogens (tertiary/aromatic N) is 2. The summed E-state index contributed by atoms with van der Waals surface area (Å²) in [5, 5.41) is 15.7. The largest absolute Gasteiger partial charge is 0.493 e. The highest BCUT2D eigenvalue weighted by atomic mass is 79.9. The Balaban J connectivity index is 1.69. The lowest BCUT2D eigenvalue weighted by atomic mass is 10.1. The van der Waals surface area contributed by atoms with Crippen LogP contribution in [0.1, 0.15) is 11.3 Å². The summed E-state index contributed by atoms with van der Waals surface area (Å²) < 4.78 is 27.8. The van der Waals surface area contributed by atoms with Crippen LogP contribution in [-0.4, -0.2) is 38.5 Å². The molecular formula is C24H22BrN3O6. The SMILES string of the molecule is COc1ccccc1OCCOc1c(Br)cc(/C=C(/C#N)C(=O)Nc2cc(C)on2)cc1OC. The van der Waals surface area contributed by atoms with Gasteiger partial charge in [-0.1, -0.05) is 17.3 Å². The van der Waals surface area contributed by atoms with Crippen molar-refractivity contribution in [1.29, 1.82) is 5.26 Å². The number of benzene rings is 2. The highest BCUT2D eigenvalue weighted by Gasteiger charge is 2.15. The summed E-state index contributed by atoms with van der Waals surface area (Å²) in [6.07, 6.45) is 1.43.